The van der Waals surface area contributed by atoms with E-state index in [1.807, 2.05) is 0 Å². The molecule has 0 atom stereocenters. The maximum atomic E-state index is 14.5. The molecule has 46 heavy (non-hydrogen) atoms. The van der Waals surface area contributed by atoms with E-state index in [0.717, 1.165) is 24.3 Å². The van der Waals surface area contributed by atoms with Crippen molar-refractivity contribution in [1.82, 2.24) is 0 Å². The van der Waals surface area contributed by atoms with Crippen LogP contribution in [0.2, 0.25) is 0 Å². The van der Waals surface area contributed by atoms with Gasteiger partial charge in [0, 0.05) is 9.79 Å². The highest BCUT2D eigenvalue weighted by Crippen LogP contribution is 2.64. The topological polar surface area (TPSA) is 18.5 Å². The fourth-order valence-electron chi connectivity index (χ4n) is 3.58. The monoisotopic (exact) mass is 702 g/mol. The van der Waals surface area contributed by atoms with Crippen LogP contribution in [0.3, 0.4) is 0 Å². The molecule has 0 aromatic heterocycles. The summed E-state index contributed by atoms with van der Waals surface area (Å²) < 4.78 is 184. The third kappa shape index (κ3) is 6.87. The first kappa shape index (κ1) is 35.2. The first-order valence-corrected chi connectivity index (χ1v) is 14.2. The Morgan fingerprint density at radius 1 is 0.326 bits per heavy atom. The third-order valence-corrected chi connectivity index (χ3v) is 8.05. The van der Waals surface area contributed by atoms with Crippen molar-refractivity contribution in [3.05, 3.63) is 109 Å². The quantitative estimate of drug-likeness (QED) is 0.102. The summed E-state index contributed by atoms with van der Waals surface area (Å²) >= 11 is -2.74. The van der Waals surface area contributed by atoms with Gasteiger partial charge in [-0.15, -0.1) is 0 Å². The average Bonchev–Trinajstić information content (AvgIpc) is 2.99. The number of ether oxygens (including phenoxy) is 2. The van der Waals surface area contributed by atoms with Crippen LogP contribution in [0.15, 0.2) is 119 Å². The highest BCUT2D eigenvalue weighted by molar-refractivity contribution is 8.00. The van der Waals surface area contributed by atoms with Gasteiger partial charge < -0.3 is 9.47 Å². The number of para-hydroxylation sites is 2. The molecule has 246 valence electrons. The minimum absolute atomic E-state index is 0.0276. The van der Waals surface area contributed by atoms with Crippen LogP contribution in [0.1, 0.15) is 0 Å². The molecule has 0 bridgehead atoms. The van der Waals surface area contributed by atoms with E-state index in [0.29, 0.717) is 24.3 Å². The lowest BCUT2D eigenvalue weighted by atomic mass is 9.98. The molecule has 0 amide bonds. The zero-order valence-electron chi connectivity index (χ0n) is 22.6. The minimum atomic E-state index is -7.69. The third-order valence-electron chi connectivity index (χ3n) is 6.01. The first-order chi connectivity index (χ1) is 21.3. The Balaban J connectivity index is 1.50. The Labute approximate surface area is 261 Å². The summed E-state index contributed by atoms with van der Waals surface area (Å²) in [4.78, 5) is -1.78. The summed E-state index contributed by atoms with van der Waals surface area (Å²) in [5, 5.41) is -12.4. The van der Waals surface area contributed by atoms with Crippen molar-refractivity contribution in [2.75, 3.05) is 0 Å². The zero-order chi connectivity index (χ0) is 34.0. The lowest BCUT2D eigenvalue weighted by molar-refractivity contribution is -0.405. The van der Waals surface area contributed by atoms with Crippen LogP contribution in [-0.2, 0) is 0 Å². The van der Waals surface area contributed by atoms with E-state index in [9.17, 15) is 52.7 Å². The fraction of sp³-hybridized carbons (Fsp3) is 0.200. The maximum Gasteiger partial charge on any atom is 0.388 e. The van der Waals surface area contributed by atoms with Crippen LogP contribution >= 0.6 is 23.5 Å². The zero-order valence-corrected chi connectivity index (χ0v) is 24.2. The number of halogens is 12. The van der Waals surface area contributed by atoms with Gasteiger partial charge in [-0.05, 0) is 96.3 Å². The highest BCUT2D eigenvalue weighted by atomic mass is 32.2. The van der Waals surface area contributed by atoms with Gasteiger partial charge in [0.05, 0.1) is 0 Å². The number of rotatable bonds is 13. The molecule has 0 N–H and O–H groups in total. The van der Waals surface area contributed by atoms with E-state index in [2.05, 4.69) is 0 Å². The van der Waals surface area contributed by atoms with Crippen molar-refractivity contribution in [1.29, 1.82) is 0 Å². The minimum Gasteiger partial charge on any atom is -0.457 e. The molecule has 0 unspecified atom stereocenters. The van der Waals surface area contributed by atoms with E-state index >= 15 is 0 Å². The Bertz CT molecular complexity index is 1470. The Hall–Kier alpha value is -3.66. The van der Waals surface area contributed by atoms with Gasteiger partial charge in [0.25, 0.3) is 0 Å². The fourth-order valence-corrected chi connectivity index (χ4v) is 5.23. The lowest BCUT2D eigenvalue weighted by Gasteiger charge is -2.40. The standard InChI is InChI=1S/C30H18F12O2S2/c31-25(32,27(35,36)29(39,40)45-23-15-11-21(12-16-23)43-19-7-3-1-4-8-19)26(33,34)28(37,38)30(41,42)46-24-17-13-22(14-18-24)44-20-9-5-2-6-10-20/h1-18H. The van der Waals surface area contributed by atoms with Gasteiger partial charge in [0.1, 0.15) is 23.0 Å². The van der Waals surface area contributed by atoms with E-state index in [1.54, 1.807) is 36.4 Å². The molecule has 16 heteroatoms. The van der Waals surface area contributed by atoms with Crippen LogP contribution in [0, 0.1) is 0 Å². The second kappa shape index (κ2) is 12.9. The number of alkyl halides is 12. The van der Waals surface area contributed by atoms with Gasteiger partial charge in [-0.25, -0.2) is 0 Å². The van der Waals surface area contributed by atoms with Gasteiger partial charge in [-0.2, -0.15) is 52.7 Å². The lowest BCUT2D eigenvalue weighted by Crippen LogP contribution is -2.69. The predicted molar refractivity (Wildman–Crippen MR) is 147 cm³/mol. The Kier molecular flexibility index (Phi) is 9.84. The normalized spacial score (nSPS) is 13.4. The molecular weight excluding hydrogens is 684 g/mol. The molecule has 4 rings (SSSR count). The predicted octanol–water partition coefficient (Wildman–Crippen LogP) is 11.9. The van der Waals surface area contributed by atoms with E-state index in [4.69, 9.17) is 9.47 Å². The molecule has 0 aliphatic carbocycles. The van der Waals surface area contributed by atoms with Gasteiger partial charge in [0.15, 0.2) is 0 Å². The van der Waals surface area contributed by atoms with E-state index < -0.39 is 67.5 Å². The SMILES string of the molecule is FC(F)(Sc1ccc(Oc2ccccc2)cc1)C(F)(F)C(F)(F)C(F)(F)C(F)(F)C(F)(F)Sc1ccc(Oc2ccccc2)cc1. The molecule has 0 heterocycles. The maximum absolute atomic E-state index is 14.5. The molecule has 0 saturated carbocycles. The van der Waals surface area contributed by atoms with Crippen LogP contribution in [0.4, 0.5) is 52.7 Å². The largest absolute Gasteiger partial charge is 0.457 e. The second-order valence-electron chi connectivity index (χ2n) is 9.31. The Morgan fingerprint density at radius 3 is 0.870 bits per heavy atom. The summed E-state index contributed by atoms with van der Waals surface area (Å²) in [6, 6.07) is 22.1. The van der Waals surface area contributed by atoms with E-state index in [1.165, 1.54) is 24.3 Å². The number of benzene rings is 4. The number of thioether (sulfide) groups is 2. The Morgan fingerprint density at radius 2 is 0.587 bits per heavy atom. The smallest absolute Gasteiger partial charge is 0.388 e. The van der Waals surface area contributed by atoms with Gasteiger partial charge in [-0.3, -0.25) is 0 Å². The van der Waals surface area contributed by atoms with Crippen LogP contribution in [-0.4, -0.2) is 34.2 Å². The van der Waals surface area contributed by atoms with Crippen molar-refractivity contribution in [2.45, 2.75) is 44.0 Å². The summed E-state index contributed by atoms with van der Waals surface area (Å²) in [5.41, 5.74) is 0. The van der Waals surface area contributed by atoms with Crippen LogP contribution < -0.4 is 9.47 Å². The van der Waals surface area contributed by atoms with Gasteiger partial charge in [0.2, 0.25) is 0 Å². The van der Waals surface area contributed by atoms with Crippen molar-refractivity contribution in [2.24, 2.45) is 0 Å². The van der Waals surface area contributed by atoms with Crippen molar-refractivity contribution < 1.29 is 62.2 Å². The summed E-state index contributed by atoms with van der Waals surface area (Å²) in [7, 11) is 0. The van der Waals surface area contributed by atoms with Crippen molar-refractivity contribution in [3.63, 3.8) is 0 Å². The molecule has 0 aliphatic rings. The highest BCUT2D eigenvalue weighted by Gasteiger charge is 2.90. The number of hydrogen-bond acceptors (Lipinski definition) is 4. The van der Waals surface area contributed by atoms with Crippen molar-refractivity contribution in [3.8, 4) is 23.0 Å². The average molecular weight is 703 g/mol. The molecule has 0 radical (unpaired) electrons. The summed E-state index contributed by atoms with van der Waals surface area (Å²) in [6.07, 6.45) is 0. The van der Waals surface area contributed by atoms with Gasteiger partial charge in [-0.1, -0.05) is 36.4 Å². The molecule has 4 aromatic rings. The molecule has 2 nitrogen and oxygen atoms in total. The molecule has 0 spiro atoms. The van der Waals surface area contributed by atoms with E-state index in [-0.39, 0.29) is 23.0 Å². The number of hydrogen-bond donors (Lipinski definition) is 0. The first-order valence-electron chi connectivity index (χ1n) is 12.6. The molecule has 0 fully saturated rings. The molecule has 0 saturated heterocycles. The second-order valence-corrected chi connectivity index (χ2v) is 11.7. The van der Waals surface area contributed by atoms with Crippen LogP contribution in [0.5, 0.6) is 23.0 Å². The van der Waals surface area contributed by atoms with Gasteiger partial charge >= 0.3 is 34.2 Å². The molecule has 4 aromatic carbocycles. The summed E-state index contributed by atoms with van der Waals surface area (Å²) in [5.74, 6) is -29.4. The van der Waals surface area contributed by atoms with Crippen molar-refractivity contribution >= 4 is 23.5 Å². The molecule has 0 aliphatic heterocycles. The van der Waals surface area contributed by atoms with Crippen LogP contribution in [0.25, 0.3) is 0 Å². The molecular formula is C30H18F12O2S2. The summed E-state index contributed by atoms with van der Waals surface area (Å²) in [6.45, 7) is 0.